The monoisotopic (exact) mass is 304 g/mol. The molecule has 1 aliphatic heterocycles. The number of rotatable bonds is 2. The van der Waals surface area contributed by atoms with Gasteiger partial charge in [-0.2, -0.15) is 0 Å². The molecular weight excluding hydrogens is 288 g/mol. The van der Waals surface area contributed by atoms with Crippen LogP contribution in [0.5, 0.6) is 0 Å². The van der Waals surface area contributed by atoms with E-state index in [0.29, 0.717) is 30.1 Å². The molecule has 0 radical (unpaired) electrons. The van der Waals surface area contributed by atoms with Gasteiger partial charge in [-0.15, -0.1) is 0 Å². The molecule has 3 N–H and O–H groups in total. The summed E-state index contributed by atoms with van der Waals surface area (Å²) >= 11 is 1.36. The number of carbonyl (C=O) groups is 2. The molecule has 2 aromatic rings. The van der Waals surface area contributed by atoms with Crippen molar-refractivity contribution >= 4 is 38.5 Å². The summed E-state index contributed by atoms with van der Waals surface area (Å²) in [5, 5.41) is 3.47. The summed E-state index contributed by atoms with van der Waals surface area (Å²) in [4.78, 5) is 29.6. The van der Waals surface area contributed by atoms with E-state index in [1.807, 2.05) is 0 Å². The fourth-order valence-electron chi connectivity index (χ4n) is 2.48. The van der Waals surface area contributed by atoms with Crippen molar-refractivity contribution < 1.29 is 9.59 Å². The summed E-state index contributed by atoms with van der Waals surface area (Å²) in [6.07, 6.45) is 1.16. The number of hydrogen-bond donors (Lipinski definition) is 2. The van der Waals surface area contributed by atoms with Crippen molar-refractivity contribution in [3.63, 3.8) is 0 Å². The van der Waals surface area contributed by atoms with Crippen LogP contribution >= 0.6 is 11.3 Å². The highest BCUT2D eigenvalue weighted by molar-refractivity contribution is 7.22. The van der Waals surface area contributed by atoms with E-state index in [0.717, 1.165) is 10.2 Å². The second kappa shape index (κ2) is 5.33. The number of hydrogen-bond acceptors (Lipinski definition) is 5. The van der Waals surface area contributed by atoms with Crippen LogP contribution < -0.4 is 11.1 Å². The van der Waals surface area contributed by atoms with E-state index in [4.69, 9.17) is 5.73 Å². The van der Waals surface area contributed by atoms with Crippen LogP contribution in [-0.4, -0.2) is 41.3 Å². The topological polar surface area (TPSA) is 88.3 Å². The van der Waals surface area contributed by atoms with Crippen molar-refractivity contribution in [2.75, 3.05) is 19.3 Å². The molecule has 2 amide bonds. The van der Waals surface area contributed by atoms with Gasteiger partial charge in [0.2, 0.25) is 5.91 Å². The summed E-state index contributed by atoms with van der Waals surface area (Å²) < 4.78 is 0.899. The van der Waals surface area contributed by atoms with Gasteiger partial charge in [-0.05, 0) is 24.6 Å². The molecule has 3 rings (SSSR count). The van der Waals surface area contributed by atoms with Gasteiger partial charge in [0.05, 0.1) is 10.2 Å². The lowest BCUT2D eigenvalue weighted by Gasteiger charge is -2.30. The van der Waals surface area contributed by atoms with Crippen molar-refractivity contribution in [3.8, 4) is 0 Å². The number of thiazole rings is 1. The van der Waals surface area contributed by atoms with Gasteiger partial charge in [0.15, 0.2) is 5.13 Å². The number of carbonyl (C=O) groups excluding carboxylic acids is 2. The van der Waals surface area contributed by atoms with Crippen molar-refractivity contribution in [1.29, 1.82) is 0 Å². The van der Waals surface area contributed by atoms with Gasteiger partial charge in [0.25, 0.3) is 5.91 Å². The first-order valence-corrected chi connectivity index (χ1v) is 7.55. The maximum Gasteiger partial charge on any atom is 0.251 e. The Labute approximate surface area is 125 Å². The summed E-state index contributed by atoms with van der Waals surface area (Å²) in [7, 11) is 1.76. The molecule has 1 atom stereocenters. The third-order valence-corrected chi connectivity index (χ3v) is 4.48. The third kappa shape index (κ3) is 2.82. The number of aromatic nitrogens is 1. The number of likely N-dealkylation sites (N-methyl/N-ethyl adjacent to an activating group) is 1. The number of likely N-dealkylation sites (tertiary alicyclic amines) is 1. The maximum absolute atomic E-state index is 12.3. The van der Waals surface area contributed by atoms with E-state index in [9.17, 15) is 9.59 Å². The van der Waals surface area contributed by atoms with Crippen molar-refractivity contribution in [3.05, 3.63) is 23.8 Å². The Balaban J connectivity index is 1.73. The Morgan fingerprint density at radius 3 is 3.10 bits per heavy atom. The van der Waals surface area contributed by atoms with E-state index < -0.39 is 0 Å². The molecule has 6 nitrogen and oxygen atoms in total. The molecule has 1 unspecified atom stereocenters. The van der Waals surface area contributed by atoms with Crippen molar-refractivity contribution in [2.24, 2.45) is 0 Å². The summed E-state index contributed by atoms with van der Waals surface area (Å²) in [6, 6.07) is 5.35. The first-order chi connectivity index (χ1) is 10.0. The Kier molecular flexibility index (Phi) is 3.50. The normalized spacial score (nSPS) is 19.0. The Bertz CT molecular complexity index is 712. The number of anilines is 1. The SMILES string of the molecule is CN1CC(NC(=O)c2ccc3nc(N)sc3c2)CCC1=O. The van der Waals surface area contributed by atoms with Crippen LogP contribution in [0.25, 0.3) is 10.2 Å². The molecule has 0 saturated carbocycles. The minimum absolute atomic E-state index is 0.00225. The minimum Gasteiger partial charge on any atom is -0.375 e. The lowest BCUT2D eigenvalue weighted by atomic mass is 10.0. The predicted octanol–water partition coefficient (Wildman–Crippen LogP) is 1.23. The Morgan fingerprint density at radius 2 is 2.33 bits per heavy atom. The number of nitrogens with zero attached hydrogens (tertiary/aromatic N) is 2. The lowest BCUT2D eigenvalue weighted by molar-refractivity contribution is -0.132. The quantitative estimate of drug-likeness (QED) is 0.873. The van der Waals surface area contributed by atoms with Gasteiger partial charge in [0.1, 0.15) is 0 Å². The predicted molar refractivity (Wildman–Crippen MR) is 82.2 cm³/mol. The summed E-state index contributed by atoms with van der Waals surface area (Å²) in [5.74, 6) is -0.00123. The fourth-order valence-corrected chi connectivity index (χ4v) is 3.26. The smallest absolute Gasteiger partial charge is 0.251 e. The molecule has 1 aliphatic rings. The second-order valence-electron chi connectivity index (χ2n) is 5.22. The van der Waals surface area contributed by atoms with E-state index in [1.165, 1.54) is 11.3 Å². The number of benzene rings is 1. The third-order valence-electron chi connectivity index (χ3n) is 3.63. The molecule has 1 aromatic carbocycles. The summed E-state index contributed by atoms with van der Waals surface area (Å²) in [6.45, 7) is 0.556. The number of piperidine rings is 1. The average molecular weight is 304 g/mol. The van der Waals surface area contributed by atoms with Crippen LogP contribution in [0.3, 0.4) is 0 Å². The highest BCUT2D eigenvalue weighted by Crippen LogP contribution is 2.24. The van der Waals surface area contributed by atoms with Gasteiger partial charge in [0, 0.05) is 31.6 Å². The van der Waals surface area contributed by atoms with Gasteiger partial charge < -0.3 is 16.0 Å². The molecule has 1 fully saturated rings. The number of fused-ring (bicyclic) bond motifs is 1. The van der Waals surface area contributed by atoms with Crippen LogP contribution in [0.4, 0.5) is 5.13 Å². The van der Waals surface area contributed by atoms with Crippen molar-refractivity contribution in [2.45, 2.75) is 18.9 Å². The summed E-state index contributed by atoms with van der Waals surface area (Å²) in [5.41, 5.74) is 7.06. The van der Waals surface area contributed by atoms with Gasteiger partial charge >= 0.3 is 0 Å². The van der Waals surface area contributed by atoms with Crippen LogP contribution in [0.2, 0.25) is 0 Å². The molecule has 1 aromatic heterocycles. The first-order valence-electron chi connectivity index (χ1n) is 6.74. The highest BCUT2D eigenvalue weighted by Gasteiger charge is 2.24. The molecule has 21 heavy (non-hydrogen) atoms. The molecule has 0 aliphatic carbocycles. The maximum atomic E-state index is 12.3. The number of nitrogens with one attached hydrogen (secondary N) is 1. The standard InChI is InChI=1S/C14H16N4O2S/c1-18-7-9(3-5-12(18)19)16-13(20)8-2-4-10-11(6-8)21-14(15)17-10/h2,4,6,9H,3,5,7H2,1H3,(H2,15,17)(H,16,20). The number of nitrogen functional groups attached to an aromatic ring is 1. The molecule has 7 heteroatoms. The highest BCUT2D eigenvalue weighted by atomic mass is 32.1. The first kappa shape index (κ1) is 13.8. The van der Waals surface area contributed by atoms with Gasteiger partial charge in [-0.1, -0.05) is 11.3 Å². The number of amides is 2. The van der Waals surface area contributed by atoms with E-state index >= 15 is 0 Å². The van der Waals surface area contributed by atoms with Crippen LogP contribution in [-0.2, 0) is 4.79 Å². The average Bonchev–Trinajstić information content (AvgIpc) is 2.82. The molecule has 0 bridgehead atoms. The Morgan fingerprint density at radius 1 is 1.52 bits per heavy atom. The van der Waals surface area contributed by atoms with Crippen LogP contribution in [0.1, 0.15) is 23.2 Å². The Hall–Kier alpha value is -2.15. The zero-order valence-electron chi connectivity index (χ0n) is 11.6. The van der Waals surface area contributed by atoms with Crippen LogP contribution in [0, 0.1) is 0 Å². The minimum atomic E-state index is -0.128. The second-order valence-corrected chi connectivity index (χ2v) is 6.28. The van der Waals surface area contributed by atoms with Crippen LogP contribution in [0.15, 0.2) is 18.2 Å². The van der Waals surface area contributed by atoms with E-state index in [-0.39, 0.29) is 17.9 Å². The van der Waals surface area contributed by atoms with Gasteiger partial charge in [-0.3, -0.25) is 9.59 Å². The molecular formula is C14H16N4O2S. The van der Waals surface area contributed by atoms with Crippen molar-refractivity contribution in [1.82, 2.24) is 15.2 Å². The number of nitrogens with two attached hydrogens (primary N) is 1. The van der Waals surface area contributed by atoms with Gasteiger partial charge in [-0.25, -0.2) is 4.98 Å². The molecule has 2 heterocycles. The zero-order valence-corrected chi connectivity index (χ0v) is 12.4. The fraction of sp³-hybridized carbons (Fsp3) is 0.357. The largest absolute Gasteiger partial charge is 0.375 e. The zero-order chi connectivity index (χ0) is 15.0. The van der Waals surface area contributed by atoms with E-state index in [1.54, 1.807) is 30.1 Å². The van der Waals surface area contributed by atoms with E-state index in [2.05, 4.69) is 10.3 Å². The molecule has 0 spiro atoms. The molecule has 1 saturated heterocycles. The molecule has 110 valence electrons. The lowest BCUT2D eigenvalue weighted by Crippen LogP contribution is -2.48.